The van der Waals surface area contributed by atoms with Crippen LogP contribution in [0.1, 0.15) is 108 Å². The molecule has 64 heavy (non-hydrogen) atoms. The van der Waals surface area contributed by atoms with Crippen molar-refractivity contribution in [2.24, 2.45) is 22.5 Å². The fourth-order valence-corrected chi connectivity index (χ4v) is 11.7. The number of imide groups is 2. The number of halogens is 1. The second kappa shape index (κ2) is 16.3. The van der Waals surface area contributed by atoms with Gasteiger partial charge in [-0.15, -0.1) is 0 Å². The summed E-state index contributed by atoms with van der Waals surface area (Å²) in [6, 6.07) is 17.0. The van der Waals surface area contributed by atoms with Crippen LogP contribution in [0.4, 0.5) is 15.8 Å². The number of aromatic nitrogens is 1. The van der Waals surface area contributed by atoms with E-state index in [-0.39, 0.29) is 35.6 Å². The lowest BCUT2D eigenvalue weighted by molar-refractivity contribution is -0.160. The van der Waals surface area contributed by atoms with E-state index >= 15 is 4.39 Å². The number of nitriles is 1. The number of ether oxygens (including phenoxy) is 1. The molecule has 332 valence electrons. The molecular formula is C49H53FN8O6. The summed E-state index contributed by atoms with van der Waals surface area (Å²) in [5.41, 5.74) is 8.15. The maximum Gasteiger partial charge on any atom is 0.262 e. The van der Waals surface area contributed by atoms with Crippen LogP contribution in [-0.4, -0.2) is 102 Å². The van der Waals surface area contributed by atoms with Crippen molar-refractivity contribution in [1.82, 2.24) is 20.1 Å². The number of benzene rings is 3. The van der Waals surface area contributed by atoms with E-state index in [0.717, 1.165) is 68.0 Å². The van der Waals surface area contributed by atoms with Crippen LogP contribution in [0.15, 0.2) is 60.8 Å². The van der Waals surface area contributed by atoms with Crippen molar-refractivity contribution in [2.45, 2.75) is 77.9 Å². The number of fused-ring (bicyclic) bond motifs is 2. The molecular weight excluding hydrogens is 816 g/mol. The summed E-state index contributed by atoms with van der Waals surface area (Å²) in [4.78, 5) is 75.8. The summed E-state index contributed by atoms with van der Waals surface area (Å²) in [5.74, 6) is -2.44. The Bertz CT molecular complexity index is 2630. The third-order valence-corrected chi connectivity index (χ3v) is 14.6. The third kappa shape index (κ3) is 7.21. The number of piperazine rings is 1. The molecule has 5 amide bonds. The summed E-state index contributed by atoms with van der Waals surface area (Å²) < 4.78 is 23.9. The van der Waals surface area contributed by atoms with E-state index in [2.05, 4.69) is 31.1 Å². The average Bonchev–Trinajstić information content (AvgIpc) is 3.52. The number of amides is 5. The van der Waals surface area contributed by atoms with Gasteiger partial charge in [0.2, 0.25) is 17.7 Å². The van der Waals surface area contributed by atoms with Gasteiger partial charge >= 0.3 is 0 Å². The number of piperidine rings is 2. The highest BCUT2D eigenvalue weighted by atomic mass is 19.1. The van der Waals surface area contributed by atoms with E-state index in [4.69, 9.17) is 10.5 Å². The molecule has 14 nitrogen and oxygen atoms in total. The van der Waals surface area contributed by atoms with Crippen molar-refractivity contribution in [3.05, 3.63) is 94.4 Å². The number of hydrogen-bond acceptors (Lipinski definition) is 11. The molecule has 3 aromatic carbocycles. The number of hydrogen-bond donors (Lipinski definition) is 2. The van der Waals surface area contributed by atoms with Crippen molar-refractivity contribution in [3.8, 4) is 11.8 Å². The van der Waals surface area contributed by atoms with E-state index in [1.165, 1.54) is 0 Å². The summed E-state index contributed by atoms with van der Waals surface area (Å²) in [6.45, 7) is 13.7. The van der Waals surface area contributed by atoms with Gasteiger partial charge in [0, 0.05) is 90.8 Å². The minimum atomic E-state index is -0.996. The number of anilines is 2. The molecule has 9 rings (SSSR count). The lowest BCUT2D eigenvalue weighted by atomic mass is 9.43. The Morgan fingerprint density at radius 2 is 1.62 bits per heavy atom. The number of primary amides is 1. The van der Waals surface area contributed by atoms with Crippen LogP contribution in [0.3, 0.4) is 0 Å². The fourth-order valence-electron chi connectivity index (χ4n) is 11.7. The monoisotopic (exact) mass is 868 g/mol. The molecule has 4 aromatic rings. The smallest absolute Gasteiger partial charge is 0.262 e. The zero-order chi connectivity index (χ0) is 45.2. The van der Waals surface area contributed by atoms with E-state index in [1.807, 2.05) is 39.8 Å². The van der Waals surface area contributed by atoms with Crippen molar-refractivity contribution >= 4 is 51.8 Å². The van der Waals surface area contributed by atoms with Gasteiger partial charge in [-0.1, -0.05) is 27.7 Å². The first kappa shape index (κ1) is 42.9. The van der Waals surface area contributed by atoms with Crippen molar-refractivity contribution in [3.63, 3.8) is 0 Å². The van der Waals surface area contributed by atoms with E-state index in [1.54, 1.807) is 48.7 Å². The highest BCUT2D eigenvalue weighted by Crippen LogP contribution is 2.66. The standard InChI is InChI=1S/C49H53FN8O6/c1-48(2)42(49(3,4)47(48)64-37-13-7-29(27-51)41-32(37)6-5-18-53-41)39-33(43(52)60)10-11-35(40(39)50)57-20-16-28(17-21-57)15-19-55-22-24-56(25-23-55)30-8-9-31-34(26-30)46(63)58(45(31)62)36-12-14-38(59)54-44(36)61/h5-11,13,18,26,28,36,42,47H,12,14-17,19-25H2,1-4H3,(H2,52,60)(H,54,59,61)/t36?,42-,47-. The van der Waals surface area contributed by atoms with Crippen molar-refractivity contribution in [1.29, 1.82) is 5.26 Å². The SMILES string of the molecule is CC1(C)[C@H](Oc2ccc(C#N)c3ncccc23)C(C)(C)[C@H]1c1c(C(N)=O)ccc(N2CCC(CCN3CCN(c4ccc5c(c4)C(=O)N(C4CCC(=O)NC4=O)C5=O)CC3)CC2)c1F. The summed E-state index contributed by atoms with van der Waals surface area (Å²) in [6.07, 6.45) is 4.32. The van der Waals surface area contributed by atoms with Gasteiger partial charge < -0.3 is 20.3 Å². The predicted molar refractivity (Wildman–Crippen MR) is 237 cm³/mol. The molecule has 1 atom stereocenters. The van der Waals surface area contributed by atoms with Crippen LogP contribution in [-0.2, 0) is 9.59 Å². The summed E-state index contributed by atoms with van der Waals surface area (Å²) >= 11 is 0. The van der Waals surface area contributed by atoms with Crippen LogP contribution in [0, 0.1) is 33.9 Å². The number of nitrogens with zero attached hydrogens (tertiary/aromatic N) is 6. The van der Waals surface area contributed by atoms with Crippen molar-refractivity contribution in [2.75, 3.05) is 55.6 Å². The molecule has 0 radical (unpaired) electrons. The molecule has 1 aromatic heterocycles. The normalized spacial score (nSPS) is 23.4. The zero-order valence-electron chi connectivity index (χ0n) is 36.7. The average molecular weight is 869 g/mol. The number of pyridine rings is 1. The first-order valence-electron chi connectivity index (χ1n) is 22.2. The van der Waals surface area contributed by atoms with Gasteiger partial charge in [0.05, 0.1) is 27.9 Å². The second-order valence-corrected chi connectivity index (χ2v) is 19.1. The maximum atomic E-state index is 17.1. The highest BCUT2D eigenvalue weighted by Gasteiger charge is 2.65. The van der Waals surface area contributed by atoms with Crippen LogP contribution < -0.4 is 25.6 Å². The van der Waals surface area contributed by atoms with E-state index in [9.17, 15) is 29.2 Å². The van der Waals surface area contributed by atoms with Gasteiger partial charge in [0.15, 0.2) is 5.82 Å². The van der Waals surface area contributed by atoms with Gasteiger partial charge in [0.25, 0.3) is 11.8 Å². The zero-order valence-corrected chi connectivity index (χ0v) is 36.7. The first-order chi connectivity index (χ1) is 30.6. The molecule has 5 aliphatic rings. The van der Waals surface area contributed by atoms with Gasteiger partial charge in [-0.25, -0.2) is 4.39 Å². The molecule has 0 spiro atoms. The molecule has 1 unspecified atom stereocenters. The summed E-state index contributed by atoms with van der Waals surface area (Å²) in [5, 5.41) is 12.6. The number of nitrogens with one attached hydrogen (secondary N) is 1. The Labute approximate surface area is 371 Å². The Balaban J connectivity index is 0.809. The molecule has 3 N–H and O–H groups in total. The van der Waals surface area contributed by atoms with Gasteiger partial charge in [-0.3, -0.25) is 44.1 Å². The topological polar surface area (TPSA) is 182 Å². The molecule has 15 heteroatoms. The minimum Gasteiger partial charge on any atom is -0.489 e. The largest absolute Gasteiger partial charge is 0.489 e. The van der Waals surface area contributed by atoms with Gasteiger partial charge in [-0.05, 0) is 92.7 Å². The molecule has 0 bridgehead atoms. The number of nitrogens with two attached hydrogens (primary N) is 1. The first-order valence-corrected chi connectivity index (χ1v) is 22.2. The van der Waals surface area contributed by atoms with Crippen LogP contribution in [0.5, 0.6) is 5.75 Å². The van der Waals surface area contributed by atoms with Crippen LogP contribution in [0.2, 0.25) is 0 Å². The minimum absolute atomic E-state index is 0.0739. The molecule has 4 fully saturated rings. The number of carbonyl (C=O) groups excluding carboxylic acids is 5. The molecule has 4 aliphatic heterocycles. The third-order valence-electron chi connectivity index (χ3n) is 14.6. The van der Waals surface area contributed by atoms with E-state index in [0.29, 0.717) is 47.1 Å². The number of rotatable bonds is 10. The Morgan fingerprint density at radius 3 is 2.31 bits per heavy atom. The second-order valence-electron chi connectivity index (χ2n) is 19.1. The Kier molecular flexibility index (Phi) is 10.9. The Hall–Kier alpha value is -6.40. The van der Waals surface area contributed by atoms with Crippen LogP contribution in [0.25, 0.3) is 10.9 Å². The van der Waals surface area contributed by atoms with Crippen molar-refractivity contribution < 1.29 is 33.1 Å². The Morgan fingerprint density at radius 1 is 0.906 bits per heavy atom. The fraction of sp³-hybridized carbons (Fsp3) is 0.449. The van der Waals surface area contributed by atoms with Crippen LogP contribution >= 0.6 is 0 Å². The predicted octanol–water partition coefficient (Wildman–Crippen LogP) is 5.77. The number of carbonyl (C=O) groups is 5. The molecule has 1 saturated carbocycles. The highest BCUT2D eigenvalue weighted by molar-refractivity contribution is 6.23. The summed E-state index contributed by atoms with van der Waals surface area (Å²) in [7, 11) is 0. The molecule has 5 heterocycles. The molecule has 1 aliphatic carbocycles. The lowest BCUT2D eigenvalue weighted by Gasteiger charge is -2.63. The van der Waals surface area contributed by atoms with Gasteiger partial charge in [0.1, 0.15) is 24.0 Å². The maximum absolute atomic E-state index is 17.1. The van der Waals surface area contributed by atoms with E-state index < -0.39 is 58.1 Å². The quantitative estimate of drug-likeness (QED) is 0.185. The van der Waals surface area contributed by atoms with Gasteiger partial charge in [-0.2, -0.15) is 5.26 Å². The molecule has 3 saturated heterocycles. The lowest BCUT2D eigenvalue weighted by Crippen LogP contribution is -2.64.